The molecule has 2 N–H and O–H groups in total. The van der Waals surface area contributed by atoms with E-state index in [-0.39, 0.29) is 5.97 Å². The Labute approximate surface area is 73.3 Å². The molecule has 3 nitrogen and oxygen atoms in total. The molecule has 2 unspecified atom stereocenters. The van der Waals surface area contributed by atoms with Gasteiger partial charge in [-0.1, -0.05) is 19.8 Å². The smallest absolute Gasteiger partial charge is 0.325 e. The highest BCUT2D eigenvalue weighted by Crippen LogP contribution is 2.30. The van der Waals surface area contributed by atoms with Crippen molar-refractivity contribution in [3.8, 4) is 0 Å². The van der Waals surface area contributed by atoms with E-state index in [9.17, 15) is 4.79 Å². The van der Waals surface area contributed by atoms with Gasteiger partial charge in [-0.2, -0.15) is 0 Å². The number of hydrogen-bond donors (Lipinski definition) is 1. The van der Waals surface area contributed by atoms with Crippen molar-refractivity contribution in [3.63, 3.8) is 0 Å². The molecular formula is C9H17NO2. The molecule has 1 aliphatic carbocycles. The molecule has 0 amide bonds. The van der Waals surface area contributed by atoms with Crippen molar-refractivity contribution in [2.24, 2.45) is 11.7 Å². The minimum Gasteiger partial charge on any atom is -0.468 e. The second-order valence-corrected chi connectivity index (χ2v) is 3.85. The molecule has 0 heterocycles. The predicted molar refractivity (Wildman–Crippen MR) is 46.6 cm³/mol. The highest BCUT2D eigenvalue weighted by molar-refractivity contribution is 5.80. The summed E-state index contributed by atoms with van der Waals surface area (Å²) in [6.45, 7) is 2.13. The Morgan fingerprint density at radius 2 is 2.33 bits per heavy atom. The molecule has 0 aromatic rings. The number of esters is 1. The number of rotatable bonds is 1. The quantitative estimate of drug-likeness (QED) is 0.600. The number of nitrogens with two attached hydrogens (primary N) is 1. The van der Waals surface area contributed by atoms with E-state index in [1.807, 2.05) is 0 Å². The van der Waals surface area contributed by atoms with Crippen LogP contribution in [0.4, 0.5) is 0 Å². The highest BCUT2D eigenvalue weighted by atomic mass is 16.5. The summed E-state index contributed by atoms with van der Waals surface area (Å²) < 4.78 is 4.68. The maximum Gasteiger partial charge on any atom is 0.325 e. The second-order valence-electron chi connectivity index (χ2n) is 3.85. The van der Waals surface area contributed by atoms with Crippen LogP contribution >= 0.6 is 0 Å². The third-order valence-electron chi connectivity index (χ3n) is 2.62. The Balaban J connectivity index is 2.63. The molecule has 0 aromatic carbocycles. The van der Waals surface area contributed by atoms with E-state index >= 15 is 0 Å². The molecule has 1 aliphatic rings. The molecule has 2 atom stereocenters. The van der Waals surface area contributed by atoms with Crippen LogP contribution in [0.5, 0.6) is 0 Å². The summed E-state index contributed by atoms with van der Waals surface area (Å²) in [5, 5.41) is 0. The molecule has 1 fully saturated rings. The van der Waals surface area contributed by atoms with Crippen molar-refractivity contribution in [1.82, 2.24) is 0 Å². The van der Waals surface area contributed by atoms with Gasteiger partial charge < -0.3 is 10.5 Å². The first kappa shape index (κ1) is 9.52. The van der Waals surface area contributed by atoms with Gasteiger partial charge in [-0.05, 0) is 18.8 Å². The summed E-state index contributed by atoms with van der Waals surface area (Å²) in [6.07, 6.45) is 3.74. The summed E-state index contributed by atoms with van der Waals surface area (Å²) in [5.41, 5.74) is 5.23. The molecule has 70 valence electrons. The van der Waals surface area contributed by atoms with Gasteiger partial charge in [-0.15, -0.1) is 0 Å². The zero-order chi connectivity index (χ0) is 9.19. The van der Waals surface area contributed by atoms with E-state index in [4.69, 9.17) is 5.73 Å². The third kappa shape index (κ3) is 1.78. The van der Waals surface area contributed by atoms with Crippen LogP contribution in [0.2, 0.25) is 0 Å². The Kier molecular flexibility index (Phi) is 2.73. The lowest BCUT2D eigenvalue weighted by Crippen LogP contribution is -2.51. The van der Waals surface area contributed by atoms with Gasteiger partial charge in [0.2, 0.25) is 0 Å². The van der Waals surface area contributed by atoms with Crippen LogP contribution in [-0.2, 0) is 9.53 Å². The maximum atomic E-state index is 11.3. The normalized spacial score (nSPS) is 36.1. The Morgan fingerprint density at radius 1 is 1.67 bits per heavy atom. The first-order chi connectivity index (χ1) is 5.58. The molecule has 0 radical (unpaired) electrons. The largest absolute Gasteiger partial charge is 0.468 e. The molecular weight excluding hydrogens is 154 g/mol. The van der Waals surface area contributed by atoms with Gasteiger partial charge in [0.05, 0.1) is 7.11 Å². The highest BCUT2D eigenvalue weighted by Gasteiger charge is 2.38. The Morgan fingerprint density at radius 3 is 2.83 bits per heavy atom. The lowest BCUT2D eigenvalue weighted by atomic mass is 9.77. The van der Waals surface area contributed by atoms with Crippen LogP contribution in [0.1, 0.15) is 32.6 Å². The van der Waals surface area contributed by atoms with Gasteiger partial charge in [-0.25, -0.2) is 0 Å². The zero-order valence-corrected chi connectivity index (χ0v) is 7.80. The van der Waals surface area contributed by atoms with Gasteiger partial charge >= 0.3 is 5.97 Å². The fraction of sp³-hybridized carbons (Fsp3) is 0.889. The summed E-state index contributed by atoms with van der Waals surface area (Å²) >= 11 is 0. The minimum atomic E-state index is -0.702. The fourth-order valence-electron chi connectivity index (χ4n) is 1.98. The van der Waals surface area contributed by atoms with E-state index < -0.39 is 5.54 Å². The van der Waals surface area contributed by atoms with E-state index in [0.717, 1.165) is 19.3 Å². The number of methoxy groups -OCH3 is 1. The van der Waals surface area contributed by atoms with Gasteiger partial charge in [-0.3, -0.25) is 4.79 Å². The fourth-order valence-corrected chi connectivity index (χ4v) is 1.98. The lowest BCUT2D eigenvalue weighted by molar-refractivity contribution is -0.149. The van der Waals surface area contributed by atoms with Gasteiger partial charge in [0.15, 0.2) is 0 Å². The average Bonchev–Trinajstić information content (AvgIpc) is 2.02. The number of carbonyl (C=O) groups excluding carboxylic acids is 1. The van der Waals surface area contributed by atoms with Crippen molar-refractivity contribution in [2.45, 2.75) is 38.1 Å². The number of carbonyl (C=O) groups is 1. The van der Waals surface area contributed by atoms with E-state index in [2.05, 4.69) is 11.7 Å². The standard InChI is InChI=1S/C9H17NO2/c1-7-4-3-5-9(10,6-7)8(11)12-2/h7H,3-6,10H2,1-2H3. The van der Waals surface area contributed by atoms with E-state index in [1.54, 1.807) is 0 Å². The molecule has 1 rings (SSSR count). The van der Waals surface area contributed by atoms with Crippen LogP contribution in [0.25, 0.3) is 0 Å². The van der Waals surface area contributed by atoms with Crippen LogP contribution in [0, 0.1) is 5.92 Å². The molecule has 0 saturated heterocycles. The van der Waals surface area contributed by atoms with E-state index in [0.29, 0.717) is 5.92 Å². The summed E-state index contributed by atoms with van der Waals surface area (Å²) in [7, 11) is 1.40. The SMILES string of the molecule is COC(=O)C1(N)CCCC(C)C1. The topological polar surface area (TPSA) is 52.3 Å². The van der Waals surface area contributed by atoms with Gasteiger partial charge in [0, 0.05) is 0 Å². The summed E-state index contributed by atoms with van der Waals surface area (Å²) in [4.78, 5) is 11.3. The molecule has 3 heteroatoms. The third-order valence-corrected chi connectivity index (χ3v) is 2.62. The summed E-state index contributed by atoms with van der Waals surface area (Å²) in [5.74, 6) is 0.289. The van der Waals surface area contributed by atoms with Crippen LogP contribution in [0.3, 0.4) is 0 Å². The minimum absolute atomic E-state index is 0.256. The maximum absolute atomic E-state index is 11.3. The first-order valence-corrected chi connectivity index (χ1v) is 4.46. The van der Waals surface area contributed by atoms with Crippen LogP contribution in [-0.4, -0.2) is 18.6 Å². The van der Waals surface area contributed by atoms with Crippen molar-refractivity contribution in [1.29, 1.82) is 0 Å². The monoisotopic (exact) mass is 171 g/mol. The zero-order valence-electron chi connectivity index (χ0n) is 7.80. The molecule has 0 aromatic heterocycles. The second kappa shape index (κ2) is 3.44. The number of ether oxygens (including phenoxy) is 1. The average molecular weight is 171 g/mol. The Hall–Kier alpha value is -0.570. The molecule has 0 spiro atoms. The van der Waals surface area contributed by atoms with Crippen molar-refractivity contribution < 1.29 is 9.53 Å². The van der Waals surface area contributed by atoms with E-state index in [1.165, 1.54) is 13.5 Å². The lowest BCUT2D eigenvalue weighted by Gasteiger charge is -2.33. The van der Waals surface area contributed by atoms with Gasteiger partial charge in [0.1, 0.15) is 5.54 Å². The van der Waals surface area contributed by atoms with Crippen LogP contribution in [0.15, 0.2) is 0 Å². The van der Waals surface area contributed by atoms with Gasteiger partial charge in [0.25, 0.3) is 0 Å². The molecule has 1 saturated carbocycles. The molecule has 0 aliphatic heterocycles. The first-order valence-electron chi connectivity index (χ1n) is 4.46. The summed E-state index contributed by atoms with van der Waals surface area (Å²) in [6, 6.07) is 0. The van der Waals surface area contributed by atoms with Crippen molar-refractivity contribution in [2.75, 3.05) is 7.11 Å². The molecule has 0 bridgehead atoms. The van der Waals surface area contributed by atoms with Crippen molar-refractivity contribution in [3.05, 3.63) is 0 Å². The Bertz CT molecular complexity index is 181. The molecule has 12 heavy (non-hydrogen) atoms. The predicted octanol–water partition coefficient (Wildman–Crippen LogP) is 1.07. The number of hydrogen-bond acceptors (Lipinski definition) is 3. The van der Waals surface area contributed by atoms with Crippen molar-refractivity contribution >= 4 is 5.97 Å². The van der Waals surface area contributed by atoms with Crippen LogP contribution < -0.4 is 5.73 Å².